The van der Waals surface area contributed by atoms with Crippen molar-refractivity contribution in [2.24, 2.45) is 0 Å². The summed E-state index contributed by atoms with van der Waals surface area (Å²) in [7, 11) is 0.357. The van der Waals surface area contributed by atoms with E-state index in [1.165, 1.54) is 0 Å². The van der Waals surface area contributed by atoms with Gasteiger partial charge in [-0.05, 0) is 0 Å². The van der Waals surface area contributed by atoms with Crippen LogP contribution in [0.5, 0.6) is 0 Å². The molecule has 5 heterocycles. The van der Waals surface area contributed by atoms with Crippen LogP contribution < -0.4 is 0 Å². The van der Waals surface area contributed by atoms with Crippen LogP contribution in [-0.4, -0.2) is 48.5 Å². The Balaban J connectivity index is 0.000000892. The van der Waals surface area contributed by atoms with Gasteiger partial charge in [0.25, 0.3) is 0 Å². The molecular formula is C32H19AlI2N8. The van der Waals surface area contributed by atoms with Crippen LogP contribution in [0, 0.1) is 0 Å². The fourth-order valence-corrected chi connectivity index (χ4v) is 5.59. The average Bonchev–Trinajstić information content (AvgIpc) is 3.77. The number of nitrogens with zero attached hydrogens (tertiary/aromatic N) is 6. The number of fused-ring (bicyclic) bond motifs is 20. The van der Waals surface area contributed by atoms with Gasteiger partial charge >= 0.3 is 8.65 Å². The Kier molecular flexibility index (Phi) is 6.90. The molecule has 0 saturated carbocycles. The number of H-pyrrole nitrogens is 2. The highest BCUT2D eigenvalue weighted by Crippen LogP contribution is 2.36. The van der Waals surface area contributed by atoms with Gasteiger partial charge < -0.3 is 9.97 Å². The van der Waals surface area contributed by atoms with Crippen LogP contribution >= 0.6 is 40.5 Å². The molecule has 11 heteroatoms. The Morgan fingerprint density at radius 3 is 0.860 bits per heavy atom. The molecule has 2 aliphatic rings. The summed E-state index contributed by atoms with van der Waals surface area (Å²) in [5, 5.41) is 3.82. The number of hydrogen-bond acceptors (Lipinski definition) is 6. The van der Waals surface area contributed by atoms with Crippen molar-refractivity contribution in [1.29, 1.82) is 0 Å². The van der Waals surface area contributed by atoms with Crippen LogP contribution in [0.15, 0.2) is 97.1 Å². The molecule has 3 aromatic heterocycles. The molecule has 204 valence electrons. The number of hydrogen-bond donors (Lipinski definition) is 2. The van der Waals surface area contributed by atoms with Crippen molar-refractivity contribution in [2.45, 2.75) is 0 Å². The summed E-state index contributed by atoms with van der Waals surface area (Å²) in [6, 6.07) is 32.2. The predicted octanol–water partition coefficient (Wildman–Crippen LogP) is 7.99. The van der Waals surface area contributed by atoms with Gasteiger partial charge in [0.05, 0.1) is 0 Å². The molecule has 0 amide bonds. The van der Waals surface area contributed by atoms with Crippen molar-refractivity contribution in [1.82, 2.24) is 39.9 Å². The van der Waals surface area contributed by atoms with Crippen molar-refractivity contribution in [3.05, 3.63) is 97.1 Å². The van der Waals surface area contributed by atoms with Gasteiger partial charge in [-0.15, -0.1) is 0 Å². The predicted molar refractivity (Wildman–Crippen MR) is 191 cm³/mol. The summed E-state index contributed by atoms with van der Waals surface area (Å²) < 4.78 is 0. The summed E-state index contributed by atoms with van der Waals surface area (Å²) in [5.41, 5.74) is 6.45. The van der Waals surface area contributed by atoms with Crippen LogP contribution in [0.2, 0.25) is 0 Å². The average molecular weight is 796 g/mol. The number of aromatic amines is 2. The Morgan fingerprint density at radius 1 is 0.372 bits per heavy atom. The van der Waals surface area contributed by atoms with E-state index < -0.39 is 0 Å². The lowest BCUT2D eigenvalue weighted by Gasteiger charge is -1.96. The largest absolute Gasteiger partial charge is 0.425 e. The number of rotatable bonds is 0. The molecular weight excluding hydrogens is 777 g/mol. The van der Waals surface area contributed by atoms with Crippen molar-refractivity contribution in [3.8, 4) is 45.6 Å². The number of benzene rings is 4. The smallest absolute Gasteiger partial charge is 0.324 e. The van der Waals surface area contributed by atoms with E-state index in [-0.39, 0.29) is 0 Å². The third-order valence-electron chi connectivity index (χ3n) is 7.46. The van der Waals surface area contributed by atoms with Gasteiger partial charge in [-0.3, -0.25) is 0 Å². The van der Waals surface area contributed by atoms with Gasteiger partial charge in [0.2, 0.25) is 0 Å². The van der Waals surface area contributed by atoms with Gasteiger partial charge in [0.1, 0.15) is 22.6 Å². The van der Waals surface area contributed by atoms with Crippen molar-refractivity contribution >= 4 is 93.3 Å². The van der Waals surface area contributed by atoms with Gasteiger partial charge in [-0.25, -0.2) is 29.9 Å². The molecule has 9 rings (SSSR count). The highest BCUT2D eigenvalue weighted by Gasteiger charge is 2.21. The third-order valence-corrected chi connectivity index (χ3v) is 7.46. The molecule has 2 N–H and O–H groups in total. The fourth-order valence-electron chi connectivity index (χ4n) is 5.59. The molecule has 0 radical (unpaired) electrons. The molecule has 0 spiro atoms. The summed E-state index contributed by atoms with van der Waals surface area (Å²) in [6.07, 6.45) is 0. The lowest BCUT2D eigenvalue weighted by atomic mass is 10.1. The SMILES string of the molecule is [I][AlH][I].c1ccc2c(c1)-c1nc-2nc2[nH]c(nc3nc(nc4[nH]c(n1)c1ccccc41)-c1ccccc1-3)c1ccccc21. The second-order valence-electron chi connectivity index (χ2n) is 9.89. The molecule has 0 fully saturated rings. The molecule has 8 bridgehead atoms. The van der Waals surface area contributed by atoms with Gasteiger partial charge in [-0.2, -0.15) is 40.5 Å². The first-order valence-corrected chi connectivity index (χ1v) is 23.7. The second-order valence-corrected chi connectivity index (χ2v) is 23.4. The Bertz CT molecular complexity index is 2060. The third kappa shape index (κ3) is 4.62. The number of halogens is 2. The highest BCUT2D eigenvalue weighted by molar-refractivity contribution is 14.3. The van der Waals surface area contributed by atoms with E-state index in [1.807, 2.05) is 97.1 Å². The molecule has 0 aliphatic carbocycles. The first kappa shape index (κ1) is 26.8. The van der Waals surface area contributed by atoms with Crippen LogP contribution in [-0.2, 0) is 0 Å². The van der Waals surface area contributed by atoms with E-state index in [0.29, 0.717) is 54.5 Å². The van der Waals surface area contributed by atoms with Crippen LogP contribution in [0.1, 0.15) is 0 Å². The minimum Gasteiger partial charge on any atom is -0.324 e. The summed E-state index contributed by atoms with van der Waals surface area (Å²) in [4.78, 5) is 36.8. The summed E-state index contributed by atoms with van der Waals surface area (Å²) in [6.45, 7) is 0. The van der Waals surface area contributed by atoms with E-state index in [9.17, 15) is 0 Å². The maximum absolute atomic E-state index is 5.02. The minimum absolute atomic E-state index is 0.357. The molecule has 0 unspecified atom stereocenters. The molecule has 43 heavy (non-hydrogen) atoms. The van der Waals surface area contributed by atoms with Crippen molar-refractivity contribution in [2.75, 3.05) is 0 Å². The maximum Gasteiger partial charge on any atom is 0.425 e. The zero-order valence-electron chi connectivity index (χ0n) is 22.4. The normalized spacial score (nSPS) is 11.5. The monoisotopic (exact) mass is 796 g/mol. The van der Waals surface area contributed by atoms with Crippen LogP contribution in [0.4, 0.5) is 0 Å². The molecule has 0 atom stereocenters. The molecule has 2 aliphatic heterocycles. The van der Waals surface area contributed by atoms with Gasteiger partial charge in [0.15, 0.2) is 23.3 Å². The first-order valence-electron chi connectivity index (χ1n) is 13.5. The Hall–Kier alpha value is -3.77. The zero-order chi connectivity index (χ0) is 28.9. The lowest BCUT2D eigenvalue weighted by molar-refractivity contribution is 1.19. The molecule has 0 saturated heterocycles. The molecule has 7 aromatic rings. The second kappa shape index (κ2) is 11.1. The molecule has 4 aromatic carbocycles. The maximum atomic E-state index is 5.02. The fraction of sp³-hybridized carbons (Fsp3) is 0. The summed E-state index contributed by atoms with van der Waals surface area (Å²) in [5.74, 6) is 2.39. The number of aromatic nitrogens is 8. The van der Waals surface area contributed by atoms with E-state index in [2.05, 4.69) is 50.5 Å². The topological polar surface area (TPSA) is 109 Å². The van der Waals surface area contributed by atoms with Gasteiger partial charge in [-0.1, -0.05) is 97.1 Å². The van der Waals surface area contributed by atoms with E-state index in [1.54, 1.807) is 0 Å². The van der Waals surface area contributed by atoms with E-state index in [0.717, 1.165) is 43.8 Å². The van der Waals surface area contributed by atoms with Crippen LogP contribution in [0.3, 0.4) is 0 Å². The molecule has 8 nitrogen and oxygen atoms in total. The Labute approximate surface area is 273 Å². The van der Waals surface area contributed by atoms with Crippen molar-refractivity contribution in [3.63, 3.8) is 0 Å². The van der Waals surface area contributed by atoms with E-state index >= 15 is 0 Å². The zero-order valence-corrected chi connectivity index (χ0v) is 28.1. The highest BCUT2D eigenvalue weighted by atomic mass is 127. The van der Waals surface area contributed by atoms with Crippen LogP contribution in [0.25, 0.3) is 89.7 Å². The summed E-state index contributed by atoms with van der Waals surface area (Å²) >= 11 is 4.83. The standard InChI is InChI=1S/C32H18N8.Al.2HI.H/c1-2-10-18-17(9-1)25-33-26(18)38-28-21-13-5-6-14-22(21)30(35-28)40-32-24-16-8-7-15-23(24)31(36-32)39-29-20-12-4-3-11-19(20)27(34-29)37-25;;;;/h1-16H,(H2,33,34,35,36,37,38,39,40);;2*1H;/q;+2;;;/p-2. The van der Waals surface area contributed by atoms with E-state index in [4.69, 9.17) is 29.9 Å². The number of nitrogens with one attached hydrogen (secondary N) is 2. The minimum atomic E-state index is 0.357. The first-order chi connectivity index (χ1) is 21.2. The quantitative estimate of drug-likeness (QED) is 0.119. The lowest BCUT2D eigenvalue weighted by Crippen LogP contribution is -1.82. The Morgan fingerprint density at radius 2 is 0.605 bits per heavy atom. The van der Waals surface area contributed by atoms with Gasteiger partial charge in [0, 0.05) is 43.8 Å². The van der Waals surface area contributed by atoms with Crippen molar-refractivity contribution < 1.29 is 0 Å².